The summed E-state index contributed by atoms with van der Waals surface area (Å²) in [6.45, 7) is 5.27. The lowest BCUT2D eigenvalue weighted by Crippen LogP contribution is -2.63. The summed E-state index contributed by atoms with van der Waals surface area (Å²) in [5.41, 5.74) is 0. The fourth-order valence-corrected chi connectivity index (χ4v) is 2.73. The number of imide groups is 2. The number of rotatable bonds is 1. The molecule has 0 spiro atoms. The van der Waals surface area contributed by atoms with Crippen LogP contribution in [0.4, 0.5) is 4.79 Å². The van der Waals surface area contributed by atoms with Gasteiger partial charge in [0.15, 0.2) is 0 Å². The second-order valence-corrected chi connectivity index (χ2v) is 5.32. The van der Waals surface area contributed by atoms with Gasteiger partial charge in [0.2, 0.25) is 11.8 Å². The Hall–Kier alpha value is -1.43. The van der Waals surface area contributed by atoms with Crippen LogP contribution < -0.4 is 5.32 Å². The van der Waals surface area contributed by atoms with E-state index in [1.807, 2.05) is 14.0 Å². The molecule has 0 radical (unpaired) electrons. The first kappa shape index (κ1) is 13.0. The molecule has 3 atom stereocenters. The Morgan fingerprint density at radius 1 is 1.22 bits per heavy atom. The molecule has 2 fully saturated rings. The first-order valence-corrected chi connectivity index (χ1v) is 6.28. The van der Waals surface area contributed by atoms with E-state index in [9.17, 15) is 14.4 Å². The largest absolute Gasteiger partial charge is 0.331 e. The normalized spacial score (nSPS) is 34.7. The minimum absolute atomic E-state index is 0.107. The van der Waals surface area contributed by atoms with Gasteiger partial charge < -0.3 is 4.90 Å². The second-order valence-electron chi connectivity index (χ2n) is 5.32. The quantitative estimate of drug-likeness (QED) is 0.670. The first-order chi connectivity index (χ1) is 8.41. The summed E-state index contributed by atoms with van der Waals surface area (Å²) in [5.74, 6) is -1.42. The van der Waals surface area contributed by atoms with E-state index in [4.69, 9.17) is 0 Å². The highest BCUT2D eigenvalue weighted by molar-refractivity contribution is 6.16. The van der Waals surface area contributed by atoms with Crippen molar-refractivity contribution in [2.45, 2.75) is 26.3 Å². The van der Waals surface area contributed by atoms with Gasteiger partial charge in [-0.05, 0) is 32.9 Å². The predicted molar refractivity (Wildman–Crippen MR) is 64.6 cm³/mol. The van der Waals surface area contributed by atoms with Crippen LogP contribution >= 0.6 is 0 Å². The summed E-state index contributed by atoms with van der Waals surface area (Å²) >= 11 is 0. The third-order valence-corrected chi connectivity index (χ3v) is 3.84. The molecule has 2 heterocycles. The van der Waals surface area contributed by atoms with E-state index in [0.29, 0.717) is 0 Å². The number of nitrogens with one attached hydrogen (secondary N) is 1. The van der Waals surface area contributed by atoms with Gasteiger partial charge >= 0.3 is 6.03 Å². The molecule has 0 aromatic heterocycles. The number of urea groups is 1. The number of piperidine rings is 1. The molecule has 6 heteroatoms. The van der Waals surface area contributed by atoms with Gasteiger partial charge in [-0.25, -0.2) is 4.79 Å². The number of carbonyl (C=O) groups excluding carboxylic acids is 3. The fourth-order valence-electron chi connectivity index (χ4n) is 2.73. The lowest BCUT2D eigenvalue weighted by Gasteiger charge is -2.42. The van der Waals surface area contributed by atoms with Gasteiger partial charge in [-0.3, -0.25) is 19.8 Å². The van der Waals surface area contributed by atoms with Crippen molar-refractivity contribution >= 4 is 17.8 Å². The number of hydrogen-bond acceptors (Lipinski definition) is 4. The van der Waals surface area contributed by atoms with Crippen molar-refractivity contribution in [3.05, 3.63) is 0 Å². The number of nitrogens with zero attached hydrogens (tertiary/aromatic N) is 2. The second kappa shape index (κ2) is 4.68. The van der Waals surface area contributed by atoms with Gasteiger partial charge in [0.25, 0.3) is 0 Å². The topological polar surface area (TPSA) is 69.7 Å². The van der Waals surface area contributed by atoms with Crippen molar-refractivity contribution in [2.75, 3.05) is 20.1 Å². The van der Waals surface area contributed by atoms with Crippen LogP contribution in [0, 0.1) is 11.8 Å². The van der Waals surface area contributed by atoms with E-state index in [-0.39, 0.29) is 17.9 Å². The Labute approximate surface area is 106 Å². The molecule has 3 unspecified atom stereocenters. The molecule has 18 heavy (non-hydrogen) atoms. The maximum Gasteiger partial charge on any atom is 0.331 e. The van der Waals surface area contributed by atoms with Crippen molar-refractivity contribution in [2.24, 2.45) is 11.8 Å². The minimum atomic E-state index is -0.769. The Kier molecular flexibility index (Phi) is 3.38. The van der Waals surface area contributed by atoms with Crippen LogP contribution in [0.15, 0.2) is 0 Å². The predicted octanol–water partition coefficient (Wildman–Crippen LogP) is 0.0411. The minimum Gasteiger partial charge on any atom is -0.306 e. The van der Waals surface area contributed by atoms with Crippen molar-refractivity contribution < 1.29 is 14.4 Å². The van der Waals surface area contributed by atoms with Crippen LogP contribution in [0.5, 0.6) is 0 Å². The van der Waals surface area contributed by atoms with Crippen LogP contribution in [0.3, 0.4) is 0 Å². The number of carbonyl (C=O) groups is 3. The molecule has 0 aliphatic carbocycles. The van der Waals surface area contributed by atoms with E-state index in [0.717, 1.165) is 19.5 Å². The maximum absolute atomic E-state index is 12.1. The van der Waals surface area contributed by atoms with Crippen molar-refractivity contribution in [1.82, 2.24) is 15.1 Å². The standard InChI is InChI=1S/C12H19N3O3/c1-7-6-14(3)5-4-9(7)15-11(17)8(2)10(16)13-12(15)18/h7-9H,4-6H2,1-3H3,(H,13,16,18). The van der Waals surface area contributed by atoms with Crippen LogP contribution in [0.1, 0.15) is 20.3 Å². The first-order valence-electron chi connectivity index (χ1n) is 6.28. The maximum atomic E-state index is 12.1. The molecule has 2 saturated heterocycles. The van der Waals surface area contributed by atoms with Crippen LogP contribution in [-0.2, 0) is 9.59 Å². The Morgan fingerprint density at radius 2 is 1.89 bits per heavy atom. The van der Waals surface area contributed by atoms with Gasteiger partial charge in [-0.2, -0.15) is 0 Å². The van der Waals surface area contributed by atoms with Crippen molar-refractivity contribution in [1.29, 1.82) is 0 Å². The average Bonchev–Trinajstić information content (AvgIpc) is 2.29. The third-order valence-electron chi connectivity index (χ3n) is 3.84. The Bertz CT molecular complexity index is 396. The highest BCUT2D eigenvalue weighted by atomic mass is 16.2. The zero-order valence-corrected chi connectivity index (χ0v) is 11.0. The van der Waals surface area contributed by atoms with E-state index in [1.54, 1.807) is 0 Å². The van der Waals surface area contributed by atoms with Gasteiger partial charge in [0, 0.05) is 12.6 Å². The SMILES string of the molecule is CC1C(=O)NC(=O)N(C2CCN(C)CC2C)C1=O. The number of amides is 4. The van der Waals surface area contributed by atoms with Gasteiger partial charge in [0.1, 0.15) is 5.92 Å². The summed E-state index contributed by atoms with van der Waals surface area (Å²) in [5, 5.41) is 2.25. The van der Waals surface area contributed by atoms with Crippen molar-refractivity contribution in [3.63, 3.8) is 0 Å². The molecule has 0 saturated carbocycles. The Balaban J connectivity index is 2.18. The van der Waals surface area contributed by atoms with E-state index < -0.39 is 17.9 Å². The lowest BCUT2D eigenvalue weighted by molar-refractivity contribution is -0.144. The van der Waals surface area contributed by atoms with Gasteiger partial charge in [-0.1, -0.05) is 6.92 Å². The highest BCUT2D eigenvalue weighted by Gasteiger charge is 2.43. The molecule has 2 rings (SSSR count). The van der Waals surface area contributed by atoms with E-state index >= 15 is 0 Å². The van der Waals surface area contributed by atoms with Crippen LogP contribution in [-0.4, -0.2) is 53.8 Å². The molecular weight excluding hydrogens is 234 g/mol. The molecule has 100 valence electrons. The van der Waals surface area contributed by atoms with Crippen molar-refractivity contribution in [3.8, 4) is 0 Å². The summed E-state index contributed by atoms with van der Waals surface area (Å²) in [7, 11) is 2.02. The number of barbiturate groups is 1. The highest BCUT2D eigenvalue weighted by Crippen LogP contribution is 2.24. The molecule has 1 N–H and O–H groups in total. The zero-order valence-electron chi connectivity index (χ0n) is 11.0. The Morgan fingerprint density at radius 3 is 2.50 bits per heavy atom. The van der Waals surface area contributed by atoms with E-state index in [2.05, 4.69) is 10.2 Å². The van der Waals surface area contributed by atoms with Gasteiger partial charge in [0.05, 0.1) is 0 Å². The third kappa shape index (κ3) is 2.12. The van der Waals surface area contributed by atoms with Crippen LogP contribution in [0.2, 0.25) is 0 Å². The monoisotopic (exact) mass is 253 g/mol. The molecular formula is C12H19N3O3. The fraction of sp³-hybridized carbons (Fsp3) is 0.750. The smallest absolute Gasteiger partial charge is 0.306 e. The molecule has 2 aliphatic rings. The summed E-state index contributed by atoms with van der Waals surface area (Å²) in [6.07, 6.45) is 0.762. The molecule has 0 aromatic carbocycles. The summed E-state index contributed by atoms with van der Waals surface area (Å²) in [4.78, 5) is 38.8. The molecule has 6 nitrogen and oxygen atoms in total. The van der Waals surface area contributed by atoms with Crippen LogP contribution in [0.25, 0.3) is 0 Å². The summed E-state index contributed by atoms with van der Waals surface area (Å²) < 4.78 is 0. The number of likely N-dealkylation sites (tertiary alicyclic amines) is 1. The summed E-state index contributed by atoms with van der Waals surface area (Å²) in [6, 6.07) is -0.672. The average molecular weight is 253 g/mol. The lowest BCUT2D eigenvalue weighted by atomic mass is 9.91. The molecule has 4 amide bonds. The van der Waals surface area contributed by atoms with Gasteiger partial charge in [-0.15, -0.1) is 0 Å². The molecule has 2 aliphatic heterocycles. The molecule has 0 bridgehead atoms. The number of hydrogen-bond donors (Lipinski definition) is 1. The van der Waals surface area contributed by atoms with E-state index in [1.165, 1.54) is 11.8 Å². The zero-order chi connectivity index (χ0) is 13.4. The molecule has 0 aromatic rings.